The number of methoxy groups -OCH3 is 2. The lowest BCUT2D eigenvalue weighted by Crippen LogP contribution is -2.16. The molecule has 11 heteroatoms. The number of carbonyl (C=O) groups excluding carboxylic acids is 3. The molecule has 0 aliphatic rings. The predicted molar refractivity (Wildman–Crippen MR) is 135 cm³/mol. The van der Waals surface area contributed by atoms with Crippen molar-refractivity contribution in [3.05, 3.63) is 70.4 Å². The minimum atomic E-state index is -0.648. The number of esters is 2. The Bertz CT molecular complexity index is 1220. The Morgan fingerprint density at radius 2 is 1.83 bits per heavy atom. The third-order valence-electron chi connectivity index (χ3n) is 5.08. The molecular weight excluding hydrogens is 488 g/mol. The molecular formula is C24H26N4O5S2. The number of carbonyl (C=O) groups is 3. The molecule has 2 heterocycles. The lowest BCUT2D eigenvalue weighted by molar-refractivity contribution is -0.113. The summed E-state index contributed by atoms with van der Waals surface area (Å²) in [5.41, 5.74) is 1.73. The Morgan fingerprint density at radius 3 is 2.49 bits per heavy atom. The minimum Gasteiger partial charge on any atom is -0.465 e. The van der Waals surface area contributed by atoms with E-state index in [-0.39, 0.29) is 27.1 Å². The Labute approximate surface area is 211 Å². The molecule has 0 saturated heterocycles. The number of amides is 1. The van der Waals surface area contributed by atoms with Crippen molar-refractivity contribution in [2.24, 2.45) is 0 Å². The van der Waals surface area contributed by atoms with Crippen LogP contribution in [0.1, 0.15) is 37.0 Å². The number of hydrogen-bond donors (Lipinski definition) is 1. The minimum absolute atomic E-state index is 0.0269. The second kappa shape index (κ2) is 12.3. The van der Waals surface area contributed by atoms with Crippen LogP contribution in [-0.2, 0) is 33.7 Å². The second-order valence-corrected chi connectivity index (χ2v) is 9.33. The van der Waals surface area contributed by atoms with Crippen LogP contribution in [0.25, 0.3) is 0 Å². The van der Waals surface area contributed by atoms with Crippen molar-refractivity contribution in [1.29, 1.82) is 0 Å². The van der Waals surface area contributed by atoms with Crippen molar-refractivity contribution in [3.8, 4) is 0 Å². The van der Waals surface area contributed by atoms with E-state index in [1.54, 1.807) is 13.0 Å². The monoisotopic (exact) mass is 514 g/mol. The van der Waals surface area contributed by atoms with Crippen LogP contribution < -0.4 is 5.32 Å². The van der Waals surface area contributed by atoms with E-state index in [1.165, 1.54) is 31.5 Å². The number of aryl methyl sites for hydroxylation is 2. The first-order chi connectivity index (χ1) is 16.9. The molecule has 0 aliphatic carbocycles. The van der Waals surface area contributed by atoms with Gasteiger partial charge in [-0.3, -0.25) is 4.79 Å². The summed E-state index contributed by atoms with van der Waals surface area (Å²) < 4.78 is 11.5. The van der Waals surface area contributed by atoms with Crippen LogP contribution in [0.5, 0.6) is 0 Å². The molecule has 0 fully saturated rings. The summed E-state index contributed by atoms with van der Waals surface area (Å²) in [4.78, 5) is 37.3. The Balaban J connectivity index is 1.71. The lowest BCUT2D eigenvalue weighted by Gasteiger charge is -2.08. The topological polar surface area (TPSA) is 112 Å². The molecule has 0 aliphatic heterocycles. The van der Waals surface area contributed by atoms with E-state index in [2.05, 4.69) is 34.2 Å². The molecule has 0 spiro atoms. The fraction of sp³-hybridized carbons (Fsp3) is 0.292. The van der Waals surface area contributed by atoms with Gasteiger partial charge >= 0.3 is 11.9 Å². The van der Waals surface area contributed by atoms with Gasteiger partial charge in [0.2, 0.25) is 5.91 Å². The van der Waals surface area contributed by atoms with Crippen molar-refractivity contribution >= 4 is 45.9 Å². The maximum Gasteiger partial charge on any atom is 0.348 e. The summed E-state index contributed by atoms with van der Waals surface area (Å²) in [6.45, 7) is 5.93. The molecule has 1 N–H and O–H groups in total. The van der Waals surface area contributed by atoms with Gasteiger partial charge in [0.25, 0.3) is 0 Å². The first-order valence-corrected chi connectivity index (χ1v) is 12.5. The molecule has 3 rings (SSSR count). The zero-order valence-corrected chi connectivity index (χ0v) is 21.3. The van der Waals surface area contributed by atoms with Gasteiger partial charge in [-0.25, -0.2) is 9.59 Å². The second-order valence-electron chi connectivity index (χ2n) is 7.36. The van der Waals surface area contributed by atoms with E-state index in [1.807, 2.05) is 22.8 Å². The van der Waals surface area contributed by atoms with Crippen molar-refractivity contribution in [3.63, 3.8) is 0 Å². The van der Waals surface area contributed by atoms with Gasteiger partial charge in [-0.05, 0) is 24.5 Å². The van der Waals surface area contributed by atoms with Crippen LogP contribution in [0.3, 0.4) is 0 Å². The summed E-state index contributed by atoms with van der Waals surface area (Å²) in [5, 5.41) is 12.1. The van der Waals surface area contributed by atoms with Crippen LogP contribution in [0.2, 0.25) is 0 Å². The molecule has 35 heavy (non-hydrogen) atoms. The highest BCUT2D eigenvalue weighted by Gasteiger charge is 2.27. The fourth-order valence-corrected chi connectivity index (χ4v) is 5.25. The van der Waals surface area contributed by atoms with E-state index >= 15 is 0 Å². The Morgan fingerprint density at radius 1 is 1.11 bits per heavy atom. The van der Waals surface area contributed by atoms with Crippen molar-refractivity contribution in [2.75, 3.05) is 25.3 Å². The molecule has 0 radical (unpaired) electrons. The van der Waals surface area contributed by atoms with Gasteiger partial charge in [-0.1, -0.05) is 48.2 Å². The van der Waals surface area contributed by atoms with E-state index in [0.29, 0.717) is 23.7 Å². The quantitative estimate of drug-likeness (QED) is 0.233. The average Bonchev–Trinajstić information content (AvgIpc) is 3.41. The summed E-state index contributed by atoms with van der Waals surface area (Å²) in [5.74, 6) is -0.768. The SMILES string of the molecule is C=CCn1c(CCc2ccccc2)nnc1SCC(=O)Nc1sc(C(=O)OC)c(C)c1C(=O)OC. The van der Waals surface area contributed by atoms with E-state index in [9.17, 15) is 14.4 Å². The summed E-state index contributed by atoms with van der Waals surface area (Å²) in [7, 11) is 2.49. The van der Waals surface area contributed by atoms with E-state index in [4.69, 9.17) is 9.47 Å². The van der Waals surface area contributed by atoms with Gasteiger partial charge in [0.15, 0.2) is 5.16 Å². The normalized spacial score (nSPS) is 10.6. The number of rotatable bonds is 11. The third-order valence-corrected chi connectivity index (χ3v) is 7.23. The zero-order valence-electron chi connectivity index (χ0n) is 19.7. The number of allylic oxidation sites excluding steroid dienone is 1. The summed E-state index contributed by atoms with van der Waals surface area (Å²) >= 11 is 2.19. The van der Waals surface area contributed by atoms with Crippen molar-refractivity contribution < 1.29 is 23.9 Å². The summed E-state index contributed by atoms with van der Waals surface area (Å²) in [6.07, 6.45) is 3.27. The Kier molecular flexibility index (Phi) is 9.21. The standard InChI is InChI=1S/C24H26N4O5S2/c1-5-13-28-17(12-11-16-9-7-6-8-10-16)26-27-24(28)34-14-18(29)25-21-19(22(30)32-3)15(2)20(35-21)23(31)33-4/h5-10H,1,11-14H2,2-4H3,(H,25,29). The molecule has 1 amide bonds. The van der Waals surface area contributed by atoms with Crippen LogP contribution in [0.15, 0.2) is 48.1 Å². The molecule has 0 atom stereocenters. The maximum atomic E-state index is 12.7. The maximum absolute atomic E-state index is 12.7. The highest BCUT2D eigenvalue weighted by Crippen LogP contribution is 2.34. The van der Waals surface area contributed by atoms with Gasteiger partial charge in [-0.15, -0.1) is 28.1 Å². The van der Waals surface area contributed by atoms with Gasteiger partial charge in [0.1, 0.15) is 15.7 Å². The molecule has 2 aromatic heterocycles. The van der Waals surface area contributed by atoms with Crippen LogP contribution in [0.4, 0.5) is 5.00 Å². The number of benzene rings is 1. The van der Waals surface area contributed by atoms with Crippen LogP contribution in [-0.4, -0.2) is 52.6 Å². The number of nitrogens with zero attached hydrogens (tertiary/aromatic N) is 3. The summed E-state index contributed by atoms with van der Waals surface area (Å²) in [6, 6.07) is 10.1. The van der Waals surface area contributed by atoms with Crippen LogP contribution in [0, 0.1) is 6.92 Å². The van der Waals surface area contributed by atoms with Crippen molar-refractivity contribution in [1.82, 2.24) is 14.8 Å². The zero-order chi connectivity index (χ0) is 25.4. The van der Waals surface area contributed by atoms with Gasteiger partial charge in [0, 0.05) is 13.0 Å². The van der Waals surface area contributed by atoms with Crippen molar-refractivity contribution in [2.45, 2.75) is 31.5 Å². The first kappa shape index (κ1) is 26.2. The molecule has 0 bridgehead atoms. The number of thioether (sulfide) groups is 1. The molecule has 0 saturated carbocycles. The number of thiophene rings is 1. The number of aromatic nitrogens is 3. The third kappa shape index (κ3) is 6.37. The smallest absolute Gasteiger partial charge is 0.348 e. The Hall–Kier alpha value is -3.44. The lowest BCUT2D eigenvalue weighted by atomic mass is 10.1. The van der Waals surface area contributed by atoms with Gasteiger partial charge in [-0.2, -0.15) is 0 Å². The predicted octanol–water partition coefficient (Wildman–Crippen LogP) is 3.92. The van der Waals surface area contributed by atoms with Gasteiger partial charge in [0.05, 0.1) is 25.5 Å². The number of anilines is 1. The number of nitrogens with one attached hydrogen (secondary N) is 1. The molecule has 0 unspecified atom stereocenters. The molecule has 3 aromatic rings. The average molecular weight is 515 g/mol. The number of ether oxygens (including phenoxy) is 2. The van der Waals surface area contributed by atoms with E-state index in [0.717, 1.165) is 23.6 Å². The number of hydrogen-bond acceptors (Lipinski definition) is 9. The largest absolute Gasteiger partial charge is 0.465 e. The highest BCUT2D eigenvalue weighted by atomic mass is 32.2. The van der Waals surface area contributed by atoms with Crippen LogP contribution >= 0.6 is 23.1 Å². The molecule has 1 aromatic carbocycles. The fourth-order valence-electron chi connectivity index (χ4n) is 3.35. The molecule has 184 valence electrons. The molecule has 9 nitrogen and oxygen atoms in total. The highest BCUT2D eigenvalue weighted by molar-refractivity contribution is 7.99. The van der Waals surface area contributed by atoms with E-state index < -0.39 is 11.9 Å². The van der Waals surface area contributed by atoms with Gasteiger partial charge < -0.3 is 19.4 Å². The first-order valence-electron chi connectivity index (χ1n) is 10.7.